The van der Waals surface area contributed by atoms with Crippen molar-refractivity contribution in [3.8, 4) is 0 Å². The Kier molecular flexibility index (Phi) is 13.8. The number of hydrogen-bond donors (Lipinski definition) is 1. The lowest BCUT2D eigenvalue weighted by atomic mass is 9.53. The molecule has 6 atom stereocenters. The van der Waals surface area contributed by atoms with Crippen LogP contribution in [0.1, 0.15) is 144 Å². The van der Waals surface area contributed by atoms with Crippen molar-refractivity contribution < 1.29 is 0 Å². The summed E-state index contributed by atoms with van der Waals surface area (Å²) in [7, 11) is 0. The first kappa shape index (κ1) is 30.2. The van der Waals surface area contributed by atoms with E-state index in [1.54, 1.807) is 24.0 Å². The second-order valence-electron chi connectivity index (χ2n) is 11.1. The van der Waals surface area contributed by atoms with Crippen LogP contribution in [0, 0.1) is 35.5 Å². The smallest absolute Gasteiger partial charge is 0.0273 e. The summed E-state index contributed by atoms with van der Waals surface area (Å²) in [5.41, 5.74) is 12.2. The van der Waals surface area contributed by atoms with Gasteiger partial charge < -0.3 is 5.73 Å². The molecular formula is C34H61N. The first-order valence-corrected chi connectivity index (χ1v) is 16.1. The highest BCUT2D eigenvalue weighted by atomic mass is 14.6. The monoisotopic (exact) mass is 483 g/mol. The van der Waals surface area contributed by atoms with E-state index >= 15 is 0 Å². The summed E-state index contributed by atoms with van der Waals surface area (Å²) in [6, 6.07) is 0. The Balaban J connectivity index is 0.000000671. The fourth-order valence-electron chi connectivity index (χ4n) is 8.65. The van der Waals surface area contributed by atoms with E-state index < -0.39 is 0 Å². The molecule has 35 heavy (non-hydrogen) atoms. The number of hydrogen-bond acceptors (Lipinski definition) is 1. The summed E-state index contributed by atoms with van der Waals surface area (Å²) in [5.74, 6) is 6.06. The van der Waals surface area contributed by atoms with Crippen LogP contribution in [0.15, 0.2) is 35.1 Å². The summed E-state index contributed by atoms with van der Waals surface area (Å²) >= 11 is 0. The van der Waals surface area contributed by atoms with Crippen molar-refractivity contribution in [2.24, 2.45) is 41.2 Å². The lowest BCUT2D eigenvalue weighted by Gasteiger charge is -2.52. The van der Waals surface area contributed by atoms with Gasteiger partial charge in [0, 0.05) is 5.70 Å². The molecule has 0 aromatic heterocycles. The molecule has 5 fully saturated rings. The zero-order valence-corrected chi connectivity index (χ0v) is 24.6. The maximum absolute atomic E-state index is 6.38. The maximum Gasteiger partial charge on any atom is 0.0273 e. The van der Waals surface area contributed by atoms with Crippen LogP contribution in [0.2, 0.25) is 0 Å². The molecule has 1 heteroatoms. The van der Waals surface area contributed by atoms with Crippen LogP contribution in [0.5, 0.6) is 0 Å². The maximum atomic E-state index is 6.38. The van der Waals surface area contributed by atoms with E-state index in [-0.39, 0.29) is 0 Å². The Bertz CT molecular complexity index is 675. The van der Waals surface area contributed by atoms with Crippen molar-refractivity contribution in [1.82, 2.24) is 0 Å². The molecule has 2 N–H and O–H groups in total. The minimum Gasteiger partial charge on any atom is -0.399 e. The fourth-order valence-corrected chi connectivity index (χ4v) is 8.65. The largest absolute Gasteiger partial charge is 0.399 e. The summed E-state index contributed by atoms with van der Waals surface area (Å²) in [6.07, 6.45) is 25.2. The van der Waals surface area contributed by atoms with Crippen LogP contribution in [0.25, 0.3) is 0 Å². The summed E-state index contributed by atoms with van der Waals surface area (Å²) < 4.78 is 0. The zero-order chi connectivity index (χ0) is 25.8. The molecule has 5 aliphatic carbocycles. The average Bonchev–Trinajstić information content (AvgIpc) is 3.60. The molecule has 0 amide bonds. The molecule has 202 valence electrons. The van der Waals surface area contributed by atoms with Crippen molar-refractivity contribution in [3.05, 3.63) is 35.1 Å². The van der Waals surface area contributed by atoms with Gasteiger partial charge in [0.1, 0.15) is 0 Å². The molecule has 6 unspecified atom stereocenters. The highest BCUT2D eigenvalue weighted by molar-refractivity contribution is 5.36. The molecule has 0 radical (unpaired) electrons. The second-order valence-corrected chi connectivity index (χ2v) is 11.1. The number of nitrogens with two attached hydrogens (primary N) is 1. The van der Waals surface area contributed by atoms with Gasteiger partial charge in [-0.3, -0.25) is 0 Å². The van der Waals surface area contributed by atoms with Gasteiger partial charge in [0.15, 0.2) is 0 Å². The highest BCUT2D eigenvalue weighted by Gasteiger charge is 2.50. The summed E-state index contributed by atoms with van der Waals surface area (Å²) in [4.78, 5) is 0. The van der Waals surface area contributed by atoms with Crippen molar-refractivity contribution in [3.63, 3.8) is 0 Å². The van der Waals surface area contributed by atoms with Crippen molar-refractivity contribution in [1.29, 1.82) is 0 Å². The van der Waals surface area contributed by atoms with Gasteiger partial charge in [-0.1, -0.05) is 84.6 Å². The number of fused-ring (bicyclic) bond motifs is 5. The minimum atomic E-state index is 0.839. The van der Waals surface area contributed by atoms with E-state index in [2.05, 4.69) is 12.7 Å². The Morgan fingerprint density at radius 3 is 2.03 bits per heavy atom. The van der Waals surface area contributed by atoms with Crippen molar-refractivity contribution >= 4 is 0 Å². The third kappa shape index (κ3) is 7.29. The second kappa shape index (κ2) is 16.0. The summed E-state index contributed by atoms with van der Waals surface area (Å²) in [6.45, 7) is 16.2. The molecule has 1 nitrogen and oxygen atoms in total. The molecule has 5 rings (SSSR count). The normalized spacial score (nSPS) is 34.3. The predicted octanol–water partition coefficient (Wildman–Crippen LogP) is 10.8. The molecule has 0 aromatic rings. The third-order valence-corrected chi connectivity index (χ3v) is 9.86. The Labute approximate surface area is 220 Å². The van der Waals surface area contributed by atoms with Gasteiger partial charge in [0.2, 0.25) is 0 Å². The summed E-state index contributed by atoms with van der Waals surface area (Å²) in [5, 5.41) is 0. The molecule has 0 aliphatic heterocycles. The molecule has 0 bridgehead atoms. The van der Waals surface area contributed by atoms with Gasteiger partial charge in [0.25, 0.3) is 0 Å². The molecule has 5 aliphatic rings. The van der Waals surface area contributed by atoms with Gasteiger partial charge >= 0.3 is 0 Å². The van der Waals surface area contributed by atoms with Crippen molar-refractivity contribution in [2.75, 3.05) is 0 Å². The highest BCUT2D eigenvalue weighted by Crippen LogP contribution is 2.59. The SMILES string of the molecule is C=C(N)/C(CCC=C1CCCC1)=C1\CCC2C1CCC1C3CCCCC3CCC21.CC.CC.CC. The van der Waals surface area contributed by atoms with Gasteiger partial charge in [-0.05, 0) is 125 Å². The standard InChI is InChI=1S/C28H43N.3C2H6/c1-19(29)22(12-6-9-20-7-2-3-8-20)24-15-17-28-26-14-13-21-10-4-5-11-23(21)25(26)16-18-27(24)28;3*1-2/h9,21,23,25-28H,1-8,10-18,29H2;3*1-2H3/b24-22+;;;. The van der Waals surface area contributed by atoms with E-state index in [0.717, 1.165) is 47.6 Å². The predicted molar refractivity (Wildman–Crippen MR) is 157 cm³/mol. The van der Waals surface area contributed by atoms with Gasteiger partial charge in [-0.15, -0.1) is 0 Å². The Morgan fingerprint density at radius 1 is 0.714 bits per heavy atom. The van der Waals surface area contributed by atoms with Crippen molar-refractivity contribution in [2.45, 2.75) is 144 Å². The van der Waals surface area contributed by atoms with Crippen LogP contribution >= 0.6 is 0 Å². The minimum absolute atomic E-state index is 0.839. The van der Waals surface area contributed by atoms with Crippen LogP contribution in [0.3, 0.4) is 0 Å². The van der Waals surface area contributed by atoms with E-state index in [9.17, 15) is 0 Å². The third-order valence-electron chi connectivity index (χ3n) is 9.86. The van der Waals surface area contributed by atoms with E-state index in [1.165, 1.54) is 89.0 Å². The molecule has 0 aromatic carbocycles. The molecule has 5 saturated carbocycles. The van der Waals surface area contributed by atoms with E-state index in [4.69, 9.17) is 5.73 Å². The fraction of sp³-hybridized carbons (Fsp3) is 0.824. The average molecular weight is 484 g/mol. The van der Waals surface area contributed by atoms with Crippen LogP contribution in [-0.4, -0.2) is 0 Å². The van der Waals surface area contributed by atoms with Crippen LogP contribution < -0.4 is 5.73 Å². The van der Waals surface area contributed by atoms with Gasteiger partial charge in [0.05, 0.1) is 0 Å². The molecular weight excluding hydrogens is 422 g/mol. The van der Waals surface area contributed by atoms with E-state index in [1.807, 2.05) is 41.5 Å². The Hall–Kier alpha value is -0.980. The van der Waals surface area contributed by atoms with Gasteiger partial charge in [-0.2, -0.15) is 0 Å². The quantitative estimate of drug-likeness (QED) is 0.395. The number of rotatable bonds is 4. The van der Waals surface area contributed by atoms with Crippen LogP contribution in [-0.2, 0) is 0 Å². The molecule has 0 spiro atoms. The van der Waals surface area contributed by atoms with Crippen LogP contribution in [0.4, 0.5) is 0 Å². The lowest BCUT2D eigenvalue weighted by Crippen LogP contribution is -2.43. The van der Waals surface area contributed by atoms with Gasteiger partial charge in [-0.25, -0.2) is 0 Å². The van der Waals surface area contributed by atoms with E-state index in [0.29, 0.717) is 0 Å². The number of allylic oxidation sites excluding steroid dienone is 4. The Morgan fingerprint density at radius 2 is 1.34 bits per heavy atom. The molecule has 0 saturated heterocycles. The first-order valence-electron chi connectivity index (χ1n) is 16.1. The zero-order valence-electron chi connectivity index (χ0n) is 24.6. The first-order chi connectivity index (χ1) is 17.2. The topological polar surface area (TPSA) is 26.0 Å². The molecule has 0 heterocycles. The lowest BCUT2D eigenvalue weighted by molar-refractivity contribution is -0.0143.